The van der Waals surface area contributed by atoms with E-state index in [1.165, 1.54) is 0 Å². The van der Waals surface area contributed by atoms with Crippen molar-refractivity contribution in [2.45, 2.75) is 92.6 Å². The molecule has 118 valence electrons. The van der Waals surface area contributed by atoms with Crippen molar-refractivity contribution in [3.63, 3.8) is 0 Å². The van der Waals surface area contributed by atoms with Crippen molar-refractivity contribution in [1.29, 1.82) is 0 Å². The fourth-order valence-corrected chi connectivity index (χ4v) is 3.52. The molecule has 0 aromatic heterocycles. The lowest BCUT2D eigenvalue weighted by Crippen LogP contribution is -2.46. The van der Waals surface area contributed by atoms with Gasteiger partial charge in [-0.15, -0.1) is 0 Å². The van der Waals surface area contributed by atoms with Gasteiger partial charge >= 0.3 is 5.97 Å². The van der Waals surface area contributed by atoms with Crippen molar-refractivity contribution >= 4 is 5.97 Å². The maximum atomic E-state index is 13.0. The van der Waals surface area contributed by atoms with Gasteiger partial charge in [0.25, 0.3) is 0 Å². The van der Waals surface area contributed by atoms with E-state index in [2.05, 4.69) is 48.5 Å². The van der Waals surface area contributed by atoms with Crippen LogP contribution in [0.3, 0.4) is 0 Å². The maximum absolute atomic E-state index is 13.0. The Balaban J connectivity index is 2.97. The summed E-state index contributed by atoms with van der Waals surface area (Å²) in [4.78, 5) is 13.0. The van der Waals surface area contributed by atoms with E-state index in [1.807, 2.05) is 0 Å². The number of carbonyl (C=O) groups is 1. The molecule has 0 amide bonds. The first-order valence-electron chi connectivity index (χ1n) is 8.44. The van der Waals surface area contributed by atoms with E-state index < -0.39 is 0 Å². The minimum Gasteiger partial charge on any atom is -0.458 e. The molecule has 1 aliphatic rings. The second-order valence-electron chi connectivity index (χ2n) is 7.46. The van der Waals surface area contributed by atoms with Gasteiger partial charge in [-0.1, -0.05) is 48.0 Å². The molecule has 0 spiro atoms. The van der Waals surface area contributed by atoms with E-state index in [0.717, 1.165) is 38.5 Å². The third-order valence-corrected chi connectivity index (χ3v) is 6.08. The summed E-state index contributed by atoms with van der Waals surface area (Å²) < 4.78 is 6.14. The van der Waals surface area contributed by atoms with Crippen molar-refractivity contribution < 1.29 is 9.53 Å². The first-order valence-corrected chi connectivity index (χ1v) is 8.44. The summed E-state index contributed by atoms with van der Waals surface area (Å²) >= 11 is 0. The lowest BCUT2D eigenvalue weighted by Gasteiger charge is -2.41. The van der Waals surface area contributed by atoms with Gasteiger partial charge in [-0.3, -0.25) is 4.79 Å². The highest BCUT2D eigenvalue weighted by atomic mass is 16.6. The molecule has 2 heteroatoms. The summed E-state index contributed by atoms with van der Waals surface area (Å²) in [6.07, 6.45) is 6.08. The lowest BCUT2D eigenvalue weighted by atomic mass is 9.71. The van der Waals surface area contributed by atoms with Crippen LogP contribution in [0.4, 0.5) is 0 Å². The molecule has 0 aromatic carbocycles. The van der Waals surface area contributed by atoms with Gasteiger partial charge < -0.3 is 4.74 Å². The van der Waals surface area contributed by atoms with Crippen molar-refractivity contribution in [1.82, 2.24) is 0 Å². The number of ether oxygens (including phenoxy) is 1. The third kappa shape index (κ3) is 2.89. The highest BCUT2D eigenvalue weighted by molar-refractivity contribution is 5.78. The highest BCUT2D eigenvalue weighted by Crippen LogP contribution is 2.61. The molecule has 2 nitrogen and oxygen atoms in total. The monoisotopic (exact) mass is 282 g/mol. The van der Waals surface area contributed by atoms with Crippen LogP contribution in [0.25, 0.3) is 0 Å². The minimum atomic E-state index is -0.313. The molecule has 0 aromatic rings. The molecule has 20 heavy (non-hydrogen) atoms. The zero-order valence-electron chi connectivity index (χ0n) is 14.6. The Kier molecular flexibility index (Phi) is 5.32. The average Bonchev–Trinajstić information content (AvgIpc) is 3.15. The molecule has 1 fully saturated rings. The second kappa shape index (κ2) is 6.07. The fraction of sp³-hybridized carbons (Fsp3) is 0.944. The van der Waals surface area contributed by atoms with Crippen LogP contribution in [0.1, 0.15) is 87.0 Å². The van der Waals surface area contributed by atoms with Gasteiger partial charge in [-0.05, 0) is 50.4 Å². The van der Waals surface area contributed by atoms with Crippen LogP contribution in [0.5, 0.6) is 0 Å². The van der Waals surface area contributed by atoms with Gasteiger partial charge in [-0.25, -0.2) is 0 Å². The molecular formula is C18H34O2. The second-order valence-corrected chi connectivity index (χ2v) is 7.46. The molecule has 0 bridgehead atoms. The summed E-state index contributed by atoms with van der Waals surface area (Å²) in [5, 5.41) is 0. The van der Waals surface area contributed by atoms with Gasteiger partial charge in [0.15, 0.2) is 0 Å². The molecule has 0 aliphatic heterocycles. The van der Waals surface area contributed by atoms with Crippen LogP contribution < -0.4 is 0 Å². The third-order valence-electron chi connectivity index (χ3n) is 6.08. The lowest BCUT2D eigenvalue weighted by molar-refractivity contribution is -0.183. The van der Waals surface area contributed by atoms with E-state index in [9.17, 15) is 4.79 Å². The quantitative estimate of drug-likeness (QED) is 0.561. The van der Waals surface area contributed by atoms with Crippen molar-refractivity contribution in [2.24, 2.45) is 16.7 Å². The zero-order chi connectivity index (χ0) is 15.6. The molecular weight excluding hydrogens is 248 g/mol. The maximum Gasteiger partial charge on any atom is 0.312 e. The topological polar surface area (TPSA) is 26.3 Å². The Morgan fingerprint density at radius 3 is 2.00 bits per heavy atom. The van der Waals surface area contributed by atoms with E-state index in [0.29, 0.717) is 5.92 Å². The number of hydrogen-bond acceptors (Lipinski definition) is 2. The van der Waals surface area contributed by atoms with Gasteiger partial charge in [0.1, 0.15) is 5.60 Å². The van der Waals surface area contributed by atoms with Crippen molar-refractivity contribution in [3.05, 3.63) is 0 Å². The highest BCUT2D eigenvalue weighted by Gasteiger charge is 2.58. The Labute approximate surface area is 125 Å². The van der Waals surface area contributed by atoms with Crippen LogP contribution in [0.2, 0.25) is 0 Å². The Hall–Kier alpha value is -0.530. The van der Waals surface area contributed by atoms with Crippen molar-refractivity contribution in [3.8, 4) is 0 Å². The summed E-state index contributed by atoms with van der Waals surface area (Å²) in [7, 11) is 0. The molecule has 1 aliphatic carbocycles. The number of esters is 1. The SMILES string of the molecule is CCCC(C)(C(=O)OC(CC)(CC)C(C)C)C1(C)CC1. The minimum absolute atomic E-state index is 0.0387. The summed E-state index contributed by atoms with van der Waals surface area (Å²) in [5.41, 5.74) is -0.451. The molecule has 1 saturated carbocycles. The number of rotatable bonds is 8. The van der Waals surface area contributed by atoms with Gasteiger partial charge in [-0.2, -0.15) is 0 Å². The molecule has 0 heterocycles. The standard InChI is InChI=1S/C18H34O2/c1-8-11-17(7,16(6)12-13-16)15(19)20-18(9-2,10-3)14(4)5/h14H,8-13H2,1-7H3. The van der Waals surface area contributed by atoms with E-state index in [-0.39, 0.29) is 22.4 Å². The average molecular weight is 282 g/mol. The van der Waals surface area contributed by atoms with Crippen molar-refractivity contribution in [2.75, 3.05) is 0 Å². The Morgan fingerprint density at radius 1 is 1.20 bits per heavy atom. The summed E-state index contributed by atoms with van der Waals surface area (Å²) in [6.45, 7) is 15.1. The van der Waals surface area contributed by atoms with E-state index in [1.54, 1.807) is 0 Å². The predicted molar refractivity (Wildman–Crippen MR) is 84.6 cm³/mol. The molecule has 1 atom stereocenters. The summed E-state index contributed by atoms with van der Waals surface area (Å²) in [6, 6.07) is 0. The summed E-state index contributed by atoms with van der Waals surface area (Å²) in [5.74, 6) is 0.399. The van der Waals surface area contributed by atoms with Gasteiger partial charge in [0.05, 0.1) is 5.41 Å². The Morgan fingerprint density at radius 2 is 1.70 bits per heavy atom. The molecule has 1 rings (SSSR count). The predicted octanol–water partition coefficient (Wildman–Crippen LogP) is 5.35. The smallest absolute Gasteiger partial charge is 0.312 e. The number of carbonyl (C=O) groups excluding carboxylic acids is 1. The largest absolute Gasteiger partial charge is 0.458 e. The van der Waals surface area contributed by atoms with E-state index >= 15 is 0 Å². The van der Waals surface area contributed by atoms with Crippen LogP contribution >= 0.6 is 0 Å². The van der Waals surface area contributed by atoms with Gasteiger partial charge in [0.2, 0.25) is 0 Å². The van der Waals surface area contributed by atoms with Gasteiger partial charge in [0, 0.05) is 0 Å². The van der Waals surface area contributed by atoms with Crippen LogP contribution in [-0.4, -0.2) is 11.6 Å². The fourth-order valence-electron chi connectivity index (χ4n) is 3.52. The van der Waals surface area contributed by atoms with Crippen LogP contribution in [0, 0.1) is 16.7 Å². The van der Waals surface area contributed by atoms with Crippen LogP contribution in [0.15, 0.2) is 0 Å². The first kappa shape index (κ1) is 17.5. The molecule has 1 unspecified atom stereocenters. The van der Waals surface area contributed by atoms with E-state index in [4.69, 9.17) is 4.74 Å². The first-order chi connectivity index (χ1) is 9.21. The Bertz CT molecular complexity index is 337. The normalized spacial score (nSPS) is 20.6. The van der Waals surface area contributed by atoms with Crippen LogP contribution in [-0.2, 0) is 9.53 Å². The number of hydrogen-bond donors (Lipinski definition) is 0. The molecule has 0 saturated heterocycles. The zero-order valence-corrected chi connectivity index (χ0v) is 14.6. The molecule has 0 radical (unpaired) electrons. The molecule has 0 N–H and O–H groups in total.